The lowest BCUT2D eigenvalue weighted by Gasteiger charge is -1.76. The summed E-state index contributed by atoms with van der Waals surface area (Å²) in [5.41, 5.74) is 0.0772. The van der Waals surface area contributed by atoms with Gasteiger partial charge in [-0.2, -0.15) is 0 Å². The van der Waals surface area contributed by atoms with Gasteiger partial charge in [-0.15, -0.1) is 10.1 Å². The van der Waals surface area contributed by atoms with Crippen LogP contribution in [0.5, 0.6) is 0 Å². The Hall–Kier alpha value is -1.39. The van der Waals surface area contributed by atoms with Crippen LogP contribution in [0.2, 0.25) is 0 Å². The number of carbonyl (C=O) groups excluding carboxylic acids is 2. The topological polar surface area (TPSA) is 72.3 Å². The number of hydrogen-bond donors (Lipinski definition) is 0. The molecule has 10 heavy (non-hydrogen) atoms. The Balaban J connectivity index is 2.87. The maximum absolute atomic E-state index is 10.6. The molecule has 0 unspecified atom stereocenters. The minimum absolute atomic E-state index is 0.0772. The van der Waals surface area contributed by atoms with Gasteiger partial charge in [-0.1, -0.05) is 4.49 Å². The molecule has 0 saturated heterocycles. The van der Waals surface area contributed by atoms with Crippen molar-refractivity contribution in [2.45, 2.75) is 0 Å². The van der Waals surface area contributed by atoms with Crippen molar-refractivity contribution in [2.75, 3.05) is 0 Å². The van der Waals surface area contributed by atoms with Crippen molar-refractivity contribution in [1.29, 1.82) is 0 Å². The van der Waals surface area contributed by atoms with Crippen molar-refractivity contribution in [2.24, 2.45) is 4.99 Å². The van der Waals surface area contributed by atoms with Crippen LogP contribution in [0.3, 0.4) is 0 Å². The number of aromatic nitrogens is 2. The molecule has 1 aromatic rings. The number of rotatable bonds is 1. The van der Waals surface area contributed by atoms with Gasteiger partial charge in [0.2, 0.25) is 6.08 Å². The molecule has 0 spiro atoms. The summed E-state index contributed by atoms with van der Waals surface area (Å²) in [6.45, 7) is 0. The Morgan fingerprint density at radius 1 is 1.80 bits per heavy atom. The van der Waals surface area contributed by atoms with Crippen molar-refractivity contribution < 1.29 is 9.59 Å². The molecule has 0 aliphatic rings. The first-order chi connectivity index (χ1) is 4.84. The molecule has 0 aliphatic heterocycles. The van der Waals surface area contributed by atoms with Gasteiger partial charge in [0, 0.05) is 5.38 Å². The molecule has 1 aromatic heterocycles. The highest BCUT2D eigenvalue weighted by molar-refractivity contribution is 7.03. The van der Waals surface area contributed by atoms with Crippen LogP contribution in [-0.4, -0.2) is 21.6 Å². The highest BCUT2D eigenvalue weighted by atomic mass is 32.1. The summed E-state index contributed by atoms with van der Waals surface area (Å²) in [6.07, 6.45) is 1.12. The van der Waals surface area contributed by atoms with Crippen LogP contribution >= 0.6 is 11.5 Å². The number of carbonyl (C=O) groups is 1. The largest absolute Gasteiger partial charge is 0.309 e. The zero-order chi connectivity index (χ0) is 7.40. The van der Waals surface area contributed by atoms with Crippen LogP contribution in [0.1, 0.15) is 10.5 Å². The molecule has 6 heteroatoms. The first-order valence-electron chi connectivity index (χ1n) is 2.24. The van der Waals surface area contributed by atoms with E-state index in [9.17, 15) is 9.59 Å². The van der Waals surface area contributed by atoms with E-state index in [1.165, 1.54) is 5.38 Å². The summed E-state index contributed by atoms with van der Waals surface area (Å²) in [5.74, 6) is -0.705. The van der Waals surface area contributed by atoms with Gasteiger partial charge in [0.05, 0.1) is 0 Å². The van der Waals surface area contributed by atoms with Gasteiger partial charge in [-0.25, -0.2) is 4.79 Å². The Labute approximate surface area is 59.6 Å². The van der Waals surface area contributed by atoms with Crippen LogP contribution < -0.4 is 0 Å². The molecule has 0 N–H and O–H groups in total. The molecule has 0 fully saturated rings. The van der Waals surface area contributed by atoms with E-state index in [1.54, 1.807) is 0 Å². The quantitative estimate of drug-likeness (QED) is 0.423. The van der Waals surface area contributed by atoms with E-state index < -0.39 is 5.91 Å². The summed E-state index contributed by atoms with van der Waals surface area (Å²) in [6, 6.07) is 0. The Morgan fingerprint density at radius 3 is 3.10 bits per heavy atom. The predicted octanol–water partition coefficient (Wildman–Crippen LogP) is 0.0141. The second-order valence-electron chi connectivity index (χ2n) is 1.30. The van der Waals surface area contributed by atoms with Crippen LogP contribution in [0, 0.1) is 0 Å². The van der Waals surface area contributed by atoms with Gasteiger partial charge in [-0.05, 0) is 11.5 Å². The van der Waals surface area contributed by atoms with Crippen LogP contribution in [0.4, 0.5) is 0 Å². The molecule has 0 saturated carbocycles. The second kappa shape index (κ2) is 2.95. The Kier molecular flexibility index (Phi) is 1.99. The fourth-order valence-electron chi connectivity index (χ4n) is 0.357. The van der Waals surface area contributed by atoms with Gasteiger partial charge < -0.3 is 0 Å². The lowest BCUT2D eigenvalue weighted by molar-refractivity contribution is 0.0998. The molecule has 0 bridgehead atoms. The first kappa shape index (κ1) is 6.73. The zero-order valence-electron chi connectivity index (χ0n) is 4.64. The third-order valence-electron chi connectivity index (χ3n) is 0.726. The van der Waals surface area contributed by atoms with E-state index in [1.807, 2.05) is 0 Å². The predicted molar refractivity (Wildman–Crippen MR) is 32.4 cm³/mol. The van der Waals surface area contributed by atoms with E-state index >= 15 is 0 Å². The maximum atomic E-state index is 10.6. The van der Waals surface area contributed by atoms with E-state index in [4.69, 9.17) is 0 Å². The molecule has 0 radical (unpaired) electrons. The standard InChI is InChI=1S/C4HN3O2S/c8-2-5-4(9)3-1-10-7-6-3/h1H. The zero-order valence-corrected chi connectivity index (χ0v) is 5.46. The molecule has 1 amide bonds. The summed E-state index contributed by atoms with van der Waals surface area (Å²) in [4.78, 5) is 23.0. The summed E-state index contributed by atoms with van der Waals surface area (Å²) >= 11 is 1.02. The smallest absolute Gasteiger partial charge is 0.264 e. The summed E-state index contributed by atoms with van der Waals surface area (Å²) in [5, 5.41) is 4.79. The minimum Gasteiger partial charge on any atom is -0.264 e. The highest BCUT2D eigenvalue weighted by Gasteiger charge is 2.05. The average molecular weight is 155 g/mol. The normalized spacial score (nSPS) is 8.40. The van der Waals surface area contributed by atoms with Gasteiger partial charge in [0.25, 0.3) is 0 Å². The molecule has 0 aromatic carbocycles. The lowest BCUT2D eigenvalue weighted by atomic mass is 10.5. The van der Waals surface area contributed by atoms with Crippen molar-refractivity contribution in [1.82, 2.24) is 9.59 Å². The van der Waals surface area contributed by atoms with E-state index in [-0.39, 0.29) is 5.69 Å². The Bertz CT molecular complexity index is 275. The van der Waals surface area contributed by atoms with Crippen LogP contribution in [0.15, 0.2) is 10.4 Å². The van der Waals surface area contributed by atoms with E-state index in [2.05, 4.69) is 14.6 Å². The fourth-order valence-corrected chi connectivity index (χ4v) is 0.787. The second-order valence-corrected chi connectivity index (χ2v) is 1.91. The SMILES string of the molecule is O=C=NC(=O)c1csnn1. The number of amides is 1. The third kappa shape index (κ3) is 1.31. The summed E-state index contributed by atoms with van der Waals surface area (Å²) < 4.78 is 3.41. The van der Waals surface area contributed by atoms with Crippen molar-refractivity contribution in [3.05, 3.63) is 11.1 Å². The molecular weight excluding hydrogens is 154 g/mol. The van der Waals surface area contributed by atoms with Gasteiger partial charge in [0.15, 0.2) is 5.69 Å². The number of isocyanates is 1. The molecule has 0 aliphatic carbocycles. The summed E-state index contributed by atoms with van der Waals surface area (Å²) in [7, 11) is 0. The number of nitrogens with zero attached hydrogens (tertiary/aromatic N) is 3. The molecule has 1 rings (SSSR count). The maximum Gasteiger partial charge on any atom is 0.309 e. The number of hydrogen-bond acceptors (Lipinski definition) is 5. The molecular formula is C4HN3O2S. The van der Waals surface area contributed by atoms with Gasteiger partial charge in [0.1, 0.15) is 0 Å². The monoisotopic (exact) mass is 155 g/mol. The minimum atomic E-state index is -0.705. The molecule has 50 valence electrons. The average Bonchev–Trinajstić information content (AvgIpc) is 2.38. The fraction of sp³-hybridized carbons (Fsp3) is 0. The van der Waals surface area contributed by atoms with Crippen molar-refractivity contribution >= 4 is 23.5 Å². The first-order valence-corrected chi connectivity index (χ1v) is 3.07. The lowest BCUT2D eigenvalue weighted by Crippen LogP contribution is -1.93. The molecule has 1 heterocycles. The van der Waals surface area contributed by atoms with Gasteiger partial charge >= 0.3 is 5.91 Å². The van der Waals surface area contributed by atoms with Crippen molar-refractivity contribution in [3.63, 3.8) is 0 Å². The molecule has 0 atom stereocenters. The van der Waals surface area contributed by atoms with Gasteiger partial charge in [-0.3, -0.25) is 4.79 Å². The van der Waals surface area contributed by atoms with E-state index in [0.29, 0.717) is 0 Å². The Morgan fingerprint density at radius 2 is 2.60 bits per heavy atom. The van der Waals surface area contributed by atoms with Crippen LogP contribution in [-0.2, 0) is 4.79 Å². The van der Waals surface area contributed by atoms with E-state index in [0.717, 1.165) is 17.6 Å². The molecule has 5 nitrogen and oxygen atoms in total. The highest BCUT2D eigenvalue weighted by Crippen LogP contribution is 1.97. The van der Waals surface area contributed by atoms with Crippen molar-refractivity contribution in [3.8, 4) is 0 Å². The number of aliphatic imine (C=N–C) groups is 1. The third-order valence-corrected chi connectivity index (χ3v) is 1.23. The van der Waals surface area contributed by atoms with Crippen LogP contribution in [0.25, 0.3) is 0 Å².